The minimum Gasteiger partial charge on any atom is -0.322 e. The summed E-state index contributed by atoms with van der Waals surface area (Å²) >= 11 is 6.15. The Hall–Kier alpha value is -1.40. The Morgan fingerprint density at radius 2 is 2.18 bits per heavy atom. The molecule has 0 radical (unpaired) electrons. The van der Waals surface area contributed by atoms with Gasteiger partial charge in [0, 0.05) is 25.9 Å². The van der Waals surface area contributed by atoms with Crippen molar-refractivity contribution in [1.29, 1.82) is 0 Å². The first kappa shape index (κ1) is 12.1. The first-order valence-corrected chi connectivity index (χ1v) is 5.66. The van der Waals surface area contributed by atoms with Gasteiger partial charge in [-0.25, -0.2) is 0 Å². The van der Waals surface area contributed by atoms with E-state index in [0.29, 0.717) is 11.6 Å². The van der Waals surface area contributed by atoms with Gasteiger partial charge >= 0.3 is 0 Å². The van der Waals surface area contributed by atoms with Gasteiger partial charge in [0.2, 0.25) is 0 Å². The van der Waals surface area contributed by atoms with Gasteiger partial charge in [-0.15, -0.1) is 5.10 Å². The van der Waals surface area contributed by atoms with Crippen LogP contribution in [0.25, 0.3) is 0 Å². The van der Waals surface area contributed by atoms with Gasteiger partial charge in [-0.2, -0.15) is 5.10 Å². The Labute approximate surface area is 104 Å². The topological polar surface area (TPSA) is 74.6 Å². The molecule has 2 N–H and O–H groups in total. The molecule has 17 heavy (non-hydrogen) atoms. The molecule has 0 fully saturated rings. The van der Waals surface area contributed by atoms with E-state index >= 15 is 0 Å². The maximum absolute atomic E-state index is 6.15. The number of aromatic nitrogens is 5. The Morgan fingerprint density at radius 3 is 2.65 bits per heavy atom. The zero-order valence-electron chi connectivity index (χ0n) is 10.1. The number of halogens is 1. The predicted octanol–water partition coefficient (Wildman–Crippen LogP) is 0.753. The summed E-state index contributed by atoms with van der Waals surface area (Å²) in [5.74, 6) is 0. The van der Waals surface area contributed by atoms with E-state index in [-0.39, 0.29) is 6.04 Å². The molecular formula is C10H15ClN6. The zero-order valence-corrected chi connectivity index (χ0v) is 10.8. The molecule has 0 aliphatic rings. The van der Waals surface area contributed by atoms with Crippen LogP contribution in [0.5, 0.6) is 0 Å². The lowest BCUT2D eigenvalue weighted by molar-refractivity contribution is 0.681. The summed E-state index contributed by atoms with van der Waals surface area (Å²) in [6.45, 7) is 1.92. The Bertz CT molecular complexity index is 529. The van der Waals surface area contributed by atoms with E-state index in [0.717, 1.165) is 17.0 Å². The molecule has 1 unspecified atom stereocenters. The monoisotopic (exact) mass is 254 g/mol. The number of hydrogen-bond acceptors (Lipinski definition) is 4. The second-order valence-electron chi connectivity index (χ2n) is 4.11. The van der Waals surface area contributed by atoms with Crippen LogP contribution in [0, 0.1) is 6.92 Å². The van der Waals surface area contributed by atoms with E-state index in [1.54, 1.807) is 9.36 Å². The van der Waals surface area contributed by atoms with Gasteiger partial charge in [-0.3, -0.25) is 9.36 Å². The van der Waals surface area contributed by atoms with Gasteiger partial charge in [0.15, 0.2) is 0 Å². The third-order valence-corrected chi connectivity index (χ3v) is 3.17. The molecule has 0 amide bonds. The molecule has 0 aromatic carbocycles. The van der Waals surface area contributed by atoms with Gasteiger partial charge in [0.1, 0.15) is 5.15 Å². The van der Waals surface area contributed by atoms with Crippen molar-refractivity contribution >= 4 is 11.6 Å². The molecule has 6 nitrogen and oxygen atoms in total. The van der Waals surface area contributed by atoms with Crippen LogP contribution in [0.1, 0.15) is 23.0 Å². The summed E-state index contributed by atoms with van der Waals surface area (Å²) in [6.07, 6.45) is 2.42. The third-order valence-electron chi connectivity index (χ3n) is 2.69. The van der Waals surface area contributed by atoms with Crippen LogP contribution >= 0.6 is 11.6 Å². The molecule has 1 atom stereocenters. The molecule has 0 aliphatic carbocycles. The van der Waals surface area contributed by atoms with E-state index < -0.39 is 0 Å². The number of aryl methyl sites for hydroxylation is 3. The second-order valence-corrected chi connectivity index (χ2v) is 4.46. The summed E-state index contributed by atoms with van der Waals surface area (Å²) in [7, 11) is 3.62. The van der Waals surface area contributed by atoms with E-state index in [1.165, 1.54) is 0 Å². The maximum Gasteiger partial charge on any atom is 0.130 e. The highest BCUT2D eigenvalue weighted by molar-refractivity contribution is 6.30. The van der Waals surface area contributed by atoms with Crippen molar-refractivity contribution in [1.82, 2.24) is 24.8 Å². The van der Waals surface area contributed by atoms with Crippen LogP contribution in [-0.2, 0) is 20.5 Å². The molecular weight excluding hydrogens is 240 g/mol. The van der Waals surface area contributed by atoms with Crippen LogP contribution in [-0.4, -0.2) is 24.8 Å². The number of rotatable bonds is 3. The van der Waals surface area contributed by atoms with Crippen LogP contribution in [0.3, 0.4) is 0 Å². The first-order chi connectivity index (χ1) is 7.99. The molecule has 0 aliphatic heterocycles. The summed E-state index contributed by atoms with van der Waals surface area (Å²) < 4.78 is 3.28. The predicted molar refractivity (Wildman–Crippen MR) is 64.6 cm³/mol. The number of nitrogens with zero attached hydrogens (tertiary/aromatic N) is 5. The lowest BCUT2D eigenvalue weighted by atomic mass is 10.1. The maximum atomic E-state index is 6.15. The van der Waals surface area contributed by atoms with Crippen molar-refractivity contribution in [3.8, 4) is 0 Å². The normalized spacial score (nSPS) is 13.0. The Balaban J connectivity index is 2.21. The fourth-order valence-electron chi connectivity index (χ4n) is 1.77. The summed E-state index contributed by atoms with van der Waals surface area (Å²) in [6, 6.07) is -0.218. The Morgan fingerprint density at radius 1 is 1.47 bits per heavy atom. The molecule has 2 rings (SSSR count). The highest BCUT2D eigenvalue weighted by Crippen LogP contribution is 2.23. The molecule has 92 valence electrons. The minimum atomic E-state index is -0.218. The van der Waals surface area contributed by atoms with Gasteiger partial charge in [-0.05, 0) is 13.3 Å². The zero-order chi connectivity index (χ0) is 12.6. The largest absolute Gasteiger partial charge is 0.322 e. The molecule has 0 saturated heterocycles. The second kappa shape index (κ2) is 4.46. The lowest BCUT2D eigenvalue weighted by Crippen LogP contribution is -2.14. The van der Waals surface area contributed by atoms with Crippen LogP contribution < -0.4 is 5.73 Å². The van der Waals surface area contributed by atoms with Crippen molar-refractivity contribution < 1.29 is 0 Å². The van der Waals surface area contributed by atoms with Crippen molar-refractivity contribution in [2.24, 2.45) is 19.8 Å². The molecule has 2 aromatic rings. The average Bonchev–Trinajstić information content (AvgIpc) is 2.79. The van der Waals surface area contributed by atoms with Crippen LogP contribution in [0.4, 0.5) is 0 Å². The molecule has 0 spiro atoms. The summed E-state index contributed by atoms with van der Waals surface area (Å²) in [4.78, 5) is 0. The lowest BCUT2D eigenvalue weighted by Gasteiger charge is -2.07. The molecule has 2 heterocycles. The molecule has 0 saturated carbocycles. The first-order valence-electron chi connectivity index (χ1n) is 5.28. The fourth-order valence-corrected chi connectivity index (χ4v) is 2.02. The molecule has 7 heteroatoms. The molecule has 2 aromatic heterocycles. The average molecular weight is 255 g/mol. The third kappa shape index (κ3) is 2.32. The highest BCUT2D eigenvalue weighted by Gasteiger charge is 2.17. The standard InChI is InChI=1S/C10H15ClN6/c1-6-7(10(11)17(3)14-6)4-8(12)9-5-16(2)15-13-9/h5,8H,4,12H2,1-3H3. The SMILES string of the molecule is Cc1nn(C)c(Cl)c1CC(N)c1cn(C)nn1. The van der Waals surface area contributed by atoms with E-state index in [4.69, 9.17) is 17.3 Å². The number of hydrogen-bond donors (Lipinski definition) is 1. The van der Waals surface area contributed by atoms with Crippen molar-refractivity contribution in [3.63, 3.8) is 0 Å². The van der Waals surface area contributed by atoms with Gasteiger partial charge in [0.05, 0.1) is 17.4 Å². The van der Waals surface area contributed by atoms with Crippen LogP contribution in [0.2, 0.25) is 5.15 Å². The van der Waals surface area contributed by atoms with Gasteiger partial charge in [-0.1, -0.05) is 16.8 Å². The van der Waals surface area contributed by atoms with Crippen LogP contribution in [0.15, 0.2) is 6.20 Å². The quantitative estimate of drug-likeness (QED) is 0.877. The summed E-state index contributed by atoms with van der Waals surface area (Å²) in [5.41, 5.74) is 8.70. The van der Waals surface area contributed by atoms with Crippen molar-refractivity contribution in [2.75, 3.05) is 0 Å². The van der Waals surface area contributed by atoms with E-state index in [2.05, 4.69) is 15.4 Å². The van der Waals surface area contributed by atoms with E-state index in [1.807, 2.05) is 27.2 Å². The Kier molecular flexibility index (Phi) is 3.17. The van der Waals surface area contributed by atoms with Gasteiger partial charge < -0.3 is 5.73 Å². The van der Waals surface area contributed by atoms with Gasteiger partial charge in [0.25, 0.3) is 0 Å². The van der Waals surface area contributed by atoms with Crippen molar-refractivity contribution in [2.45, 2.75) is 19.4 Å². The summed E-state index contributed by atoms with van der Waals surface area (Å²) in [5, 5.41) is 12.7. The number of nitrogens with two attached hydrogens (primary N) is 1. The van der Waals surface area contributed by atoms with E-state index in [9.17, 15) is 0 Å². The minimum absolute atomic E-state index is 0.218. The highest BCUT2D eigenvalue weighted by atomic mass is 35.5. The fraction of sp³-hybridized carbons (Fsp3) is 0.500. The van der Waals surface area contributed by atoms with Crippen molar-refractivity contribution in [3.05, 3.63) is 28.3 Å². The smallest absolute Gasteiger partial charge is 0.130 e. The molecule has 0 bridgehead atoms.